The van der Waals surface area contributed by atoms with Crippen molar-refractivity contribution in [2.45, 2.75) is 231 Å². The van der Waals surface area contributed by atoms with Gasteiger partial charge in [0, 0.05) is 67.7 Å². The number of fused-ring (bicyclic) bond motifs is 6. The zero-order chi connectivity index (χ0) is 89.7. The molecular weight excluding hydrogens is 1600 g/mol. The summed E-state index contributed by atoms with van der Waals surface area (Å²) < 4.78 is 0. The molecule has 4 aliphatic rings. The van der Waals surface area contributed by atoms with Gasteiger partial charge in [0.15, 0.2) is 0 Å². The minimum atomic E-state index is -1.92. The SMILES string of the molecule is CSCC[C@@H](C(=O)N(CNC(C)=O)C(=O)CC[C@@H](C)[C@H]1CCC2C3C(C[C@H](O)[C@@]21C)[C@@]1(C)CC[C@H](N)C[C@H]1C[C@H]3O)N(C(=O)[C@H](CO)NC(=O)CN(C)C)C(=O)[C@H](CC(C)C)NC(=O)[C@H](Cc1c[nH]cn1)NC(=O)CNC(=O)[C@@H](NC(=O)[C@H](C)NC(=O)[C@H](Cc1c[nH]c2ccccc12)NC(=O)[C@H](CCC(N)=O)NC(=O)CNC(=O)[C@@H](N)CS)C(C)C. The van der Waals surface area contributed by atoms with E-state index in [-0.39, 0.29) is 122 Å². The van der Waals surface area contributed by atoms with E-state index in [9.17, 15) is 63.3 Å². The number of thiol groups is 1. The van der Waals surface area contributed by atoms with Gasteiger partial charge in [-0.3, -0.25) is 81.7 Å². The molecule has 1 aromatic carbocycles. The summed E-state index contributed by atoms with van der Waals surface area (Å²) in [5, 5.41) is 61.4. The first kappa shape index (κ1) is 99.0. The lowest BCUT2D eigenvalue weighted by Gasteiger charge is -2.63. The molecule has 4 aliphatic carbocycles. The number of likely N-dealkylation sites (N-methyl/N-ethyl adjacent to an activating group) is 1. The van der Waals surface area contributed by atoms with Crippen LogP contribution in [0.4, 0.5) is 0 Å². The van der Waals surface area contributed by atoms with E-state index in [2.05, 4.69) is 94.6 Å². The van der Waals surface area contributed by atoms with E-state index in [1.807, 2.05) is 6.92 Å². The molecule has 0 aliphatic heterocycles. The van der Waals surface area contributed by atoms with E-state index in [0.29, 0.717) is 40.6 Å². The highest BCUT2D eigenvalue weighted by Gasteiger charge is 2.66. The van der Waals surface area contributed by atoms with Crippen molar-refractivity contribution >= 4 is 124 Å². The van der Waals surface area contributed by atoms with Gasteiger partial charge in [-0.1, -0.05) is 66.7 Å². The molecule has 4 saturated carbocycles. The summed E-state index contributed by atoms with van der Waals surface area (Å²) in [4.78, 5) is 225. The summed E-state index contributed by atoms with van der Waals surface area (Å²) in [5.41, 5.74) is 18.3. The zero-order valence-corrected chi connectivity index (χ0v) is 73.2. The Morgan fingerprint density at radius 3 is 1.93 bits per heavy atom. The van der Waals surface area contributed by atoms with Crippen LogP contribution in [0.5, 0.6) is 0 Å². The molecule has 0 radical (unpaired) electrons. The molecule has 7 rings (SSSR count). The van der Waals surface area contributed by atoms with Gasteiger partial charge in [0.1, 0.15) is 55.0 Å². The monoisotopic (exact) mass is 1730 g/mol. The molecule has 21 N–H and O–H groups in total. The lowest BCUT2D eigenvalue weighted by molar-refractivity contribution is -0.202. The number of carbonyl (C=O) groups excluding carboxylic acids is 15. The molecule has 121 heavy (non-hydrogen) atoms. The van der Waals surface area contributed by atoms with E-state index in [1.54, 1.807) is 78.5 Å². The third kappa shape index (κ3) is 26.2. The third-order valence-corrected chi connectivity index (χ3v) is 25.8. The van der Waals surface area contributed by atoms with Gasteiger partial charge in [-0.2, -0.15) is 24.4 Å². The lowest BCUT2D eigenvalue weighted by Crippen LogP contribution is -2.64. The summed E-state index contributed by atoms with van der Waals surface area (Å²) in [6.45, 7) is 11.8. The summed E-state index contributed by atoms with van der Waals surface area (Å²) in [7, 11) is 3.14. The van der Waals surface area contributed by atoms with Gasteiger partial charge in [0.2, 0.25) is 70.9 Å². The van der Waals surface area contributed by atoms with Gasteiger partial charge in [-0.25, -0.2) is 4.98 Å². The van der Waals surface area contributed by atoms with Gasteiger partial charge < -0.3 is 101 Å². The third-order valence-electron chi connectivity index (χ3n) is 24.8. The normalized spacial score (nSPS) is 23.6. The Morgan fingerprint density at radius 1 is 0.686 bits per heavy atom. The summed E-state index contributed by atoms with van der Waals surface area (Å²) in [6, 6.07) is -6.90. The van der Waals surface area contributed by atoms with Crippen molar-refractivity contribution in [3.05, 3.63) is 54.2 Å². The second kappa shape index (κ2) is 45.3. The average Bonchev–Trinajstić information content (AvgIpc) is 1.64. The maximum absolute atomic E-state index is 15.9. The summed E-state index contributed by atoms with van der Waals surface area (Å²) in [6.07, 6.45) is 8.02. The van der Waals surface area contributed by atoms with Crippen LogP contribution in [0.3, 0.4) is 0 Å². The molecule has 37 nitrogen and oxygen atoms in total. The van der Waals surface area contributed by atoms with E-state index < -0.39 is 199 Å². The van der Waals surface area contributed by atoms with Gasteiger partial charge in [0.25, 0.3) is 17.7 Å². The van der Waals surface area contributed by atoms with E-state index >= 15 is 24.0 Å². The van der Waals surface area contributed by atoms with Crippen molar-refractivity contribution in [2.75, 3.05) is 64.8 Å². The number of nitrogens with zero attached hydrogens (tertiary/aromatic N) is 4. The van der Waals surface area contributed by atoms with E-state index in [0.717, 1.165) is 30.6 Å². The number of H-pyrrole nitrogens is 2. The molecule has 4 fully saturated rings. The Kier molecular flexibility index (Phi) is 37.1. The number of imidazole rings is 1. The van der Waals surface area contributed by atoms with Crippen LogP contribution in [0.15, 0.2) is 43.0 Å². The number of aromatic nitrogens is 3. The molecule has 15 amide bonds. The molecule has 3 unspecified atom stereocenters. The number of aliphatic hydroxyl groups excluding tert-OH is 3. The fraction of sp³-hybridized carbons (Fsp3) is 0.683. The van der Waals surface area contributed by atoms with Crippen LogP contribution < -0.4 is 70.4 Å². The molecule has 672 valence electrons. The number of thioether (sulfide) groups is 1. The quantitative estimate of drug-likeness (QED) is 0.0223. The highest BCUT2D eigenvalue weighted by atomic mass is 32.2. The van der Waals surface area contributed by atoms with Gasteiger partial charge >= 0.3 is 0 Å². The Bertz CT molecular complexity index is 4130. The van der Waals surface area contributed by atoms with Crippen molar-refractivity contribution < 1.29 is 87.2 Å². The molecule has 2 heterocycles. The predicted molar refractivity (Wildman–Crippen MR) is 453 cm³/mol. The van der Waals surface area contributed by atoms with Gasteiger partial charge in [0.05, 0.1) is 56.5 Å². The van der Waals surface area contributed by atoms with Crippen LogP contribution in [-0.4, -0.2) is 271 Å². The average molecular weight is 1730 g/mol. The van der Waals surface area contributed by atoms with Gasteiger partial charge in [-0.15, -0.1) is 0 Å². The minimum Gasteiger partial charge on any atom is -0.394 e. The lowest BCUT2D eigenvalue weighted by atomic mass is 9.43. The zero-order valence-electron chi connectivity index (χ0n) is 71.5. The first-order chi connectivity index (χ1) is 57.1. The second-order valence-corrected chi connectivity index (χ2v) is 35.9. The van der Waals surface area contributed by atoms with Crippen LogP contribution in [0, 0.1) is 58.2 Å². The number of primary amides is 1. The molecule has 39 heteroatoms. The Labute approximate surface area is 716 Å². The van der Waals surface area contributed by atoms with Crippen LogP contribution in [-0.2, 0) is 84.8 Å². The number of para-hydroxylation sites is 1. The number of carbonyl (C=O) groups is 15. The van der Waals surface area contributed by atoms with Crippen LogP contribution in [0.1, 0.15) is 157 Å². The molecule has 2 aromatic heterocycles. The van der Waals surface area contributed by atoms with Crippen molar-refractivity contribution in [3.8, 4) is 0 Å². The number of amides is 15. The summed E-state index contributed by atoms with van der Waals surface area (Å²) in [5.74, 6) is -15.1. The number of nitrogens with two attached hydrogens (primary N) is 3. The first-order valence-corrected chi connectivity index (χ1v) is 43.8. The highest BCUT2D eigenvalue weighted by molar-refractivity contribution is 7.98. The molecular formula is C82H129N19O18S2. The largest absolute Gasteiger partial charge is 0.394 e. The predicted octanol–water partition coefficient (Wildman–Crippen LogP) is -1.63. The minimum absolute atomic E-state index is 0.0177. The number of hydrogen-bond acceptors (Lipinski definition) is 24. The standard InChI is InChI=1S/C82H129N19O18S2/c1-42(2)27-60(78(117)101(79(118)61(38-102)95-68(109)37-99(10)11)62(24-26-121-12)80(119)100(41-91-46(7)103)69(110)22-17-44(5)52-18-19-53-70-54(32-64(105)82(52,53)9)81(8)25-23-49(83)29-48(81)30-63(70)104)97-76(115)59(31-50-34-86-40-90-50)94-67(108)36-89-77(116)71(43(3)4)98-72(111)45(6)92-75(114)58(28-47-33-87-56-16-14-13-15-51(47)56)96-74(113)57(20-21-65(85)106)93-66(107)35-88-73(112)55(84)39-120/h13-16,33-34,40,42-45,48-49,52-55,57-64,70-71,87,102,104-105,120H,17-32,35-39,41,83-84H2,1-12H3,(H2,85,106)(H,86,90)(H,88,112)(H,89,116)(H,91,103)(H,92,114)(H,93,107)(H,94,108)(H,95,109)(H,96,113)(H,97,115)(H,98,111)/t44-,45+,48+,49+,52-,53?,54?,55+,57+,58+,59+,60+,61+,62+,63-,64+,70?,71+,81+,82-/m1/s1. The molecule has 20 atom stereocenters. The molecule has 3 aromatic rings. The maximum Gasteiger partial charge on any atom is 0.254 e. The first-order valence-electron chi connectivity index (χ1n) is 41.7. The number of imide groups is 2. The van der Waals surface area contributed by atoms with Crippen molar-refractivity contribution in [2.24, 2.45) is 75.4 Å². The second-order valence-electron chi connectivity index (χ2n) is 34.6. The van der Waals surface area contributed by atoms with Crippen LogP contribution in [0.25, 0.3) is 10.9 Å². The molecule has 0 bridgehead atoms. The van der Waals surface area contributed by atoms with Crippen LogP contribution in [0.2, 0.25) is 0 Å². The number of aliphatic hydroxyl groups is 3. The van der Waals surface area contributed by atoms with E-state index in [4.69, 9.17) is 17.2 Å². The molecule has 0 saturated heterocycles. The number of rotatable bonds is 44. The number of aromatic amines is 2. The highest BCUT2D eigenvalue weighted by Crippen LogP contribution is 2.68. The van der Waals surface area contributed by atoms with Crippen molar-refractivity contribution in [3.63, 3.8) is 0 Å². The maximum atomic E-state index is 15.9. The van der Waals surface area contributed by atoms with Crippen LogP contribution >= 0.6 is 24.4 Å². The number of hydrogen-bond donors (Lipinski definition) is 19. The van der Waals surface area contributed by atoms with Crippen molar-refractivity contribution in [1.29, 1.82) is 0 Å². The number of benzene rings is 1. The topological polar surface area (TPSA) is 569 Å². The van der Waals surface area contributed by atoms with Crippen molar-refractivity contribution in [1.82, 2.24) is 82.8 Å². The fourth-order valence-corrected chi connectivity index (χ4v) is 18.9. The number of nitrogens with one attached hydrogen (secondary N) is 12. The Hall–Kier alpha value is -9.12. The smallest absolute Gasteiger partial charge is 0.254 e. The van der Waals surface area contributed by atoms with Gasteiger partial charge in [-0.05, 0) is 173 Å². The summed E-state index contributed by atoms with van der Waals surface area (Å²) >= 11 is 5.20. The Morgan fingerprint density at radius 2 is 1.31 bits per heavy atom. The van der Waals surface area contributed by atoms with E-state index in [1.165, 1.54) is 43.0 Å². The molecule has 0 spiro atoms. The Balaban J connectivity index is 1.09. The fourth-order valence-electron chi connectivity index (χ4n) is 18.3.